The Hall–Kier alpha value is -2.82. The van der Waals surface area contributed by atoms with E-state index in [1.165, 1.54) is 16.7 Å². The van der Waals surface area contributed by atoms with Gasteiger partial charge in [-0.3, -0.25) is 4.79 Å². The summed E-state index contributed by atoms with van der Waals surface area (Å²) >= 11 is 0. The van der Waals surface area contributed by atoms with Crippen LogP contribution in [-0.4, -0.2) is 31.6 Å². The lowest BCUT2D eigenvalue weighted by molar-refractivity contribution is -0.150. The normalized spacial score (nSPS) is 10.5. The molecule has 1 amide bonds. The smallest absolute Gasteiger partial charge is 0.344 e. The van der Waals surface area contributed by atoms with Gasteiger partial charge in [0.2, 0.25) is 0 Å². The van der Waals surface area contributed by atoms with Gasteiger partial charge in [0.1, 0.15) is 5.75 Å². The Morgan fingerprint density at radius 1 is 1.00 bits per heavy atom. The summed E-state index contributed by atoms with van der Waals surface area (Å²) in [6.07, 6.45) is 0.738. The van der Waals surface area contributed by atoms with Gasteiger partial charge in [0, 0.05) is 6.54 Å². The highest BCUT2D eigenvalue weighted by Gasteiger charge is 2.09. The quantitative estimate of drug-likeness (QED) is 0.688. The maximum Gasteiger partial charge on any atom is 0.344 e. The molecule has 0 atom stereocenters. The number of aryl methyl sites for hydroxylation is 1. The molecule has 5 nitrogen and oxygen atoms in total. The number of rotatable bonds is 9. The number of carbonyl (C=O) groups excluding carboxylic acids is 2. The molecule has 27 heavy (non-hydrogen) atoms. The van der Waals surface area contributed by atoms with E-state index in [1.807, 2.05) is 55.5 Å². The summed E-state index contributed by atoms with van der Waals surface area (Å²) in [7, 11) is 0. The van der Waals surface area contributed by atoms with Gasteiger partial charge in [-0.1, -0.05) is 50.2 Å². The van der Waals surface area contributed by atoms with Gasteiger partial charge >= 0.3 is 5.97 Å². The van der Waals surface area contributed by atoms with Crippen LogP contribution in [0, 0.1) is 6.92 Å². The summed E-state index contributed by atoms with van der Waals surface area (Å²) in [5.74, 6) is 0.141. The Bertz CT molecular complexity index is 753. The molecule has 0 aliphatic heterocycles. The molecule has 5 heteroatoms. The monoisotopic (exact) mass is 369 g/mol. The maximum atomic E-state index is 11.8. The first-order valence-corrected chi connectivity index (χ1v) is 9.15. The van der Waals surface area contributed by atoms with Gasteiger partial charge in [-0.2, -0.15) is 0 Å². The number of nitrogens with one attached hydrogen (secondary N) is 1. The van der Waals surface area contributed by atoms with Crippen molar-refractivity contribution < 1.29 is 19.1 Å². The third-order valence-electron chi connectivity index (χ3n) is 4.25. The minimum atomic E-state index is -0.572. The summed E-state index contributed by atoms with van der Waals surface area (Å²) in [6, 6.07) is 15.6. The van der Waals surface area contributed by atoms with E-state index >= 15 is 0 Å². The first-order valence-electron chi connectivity index (χ1n) is 9.15. The van der Waals surface area contributed by atoms with Gasteiger partial charge in [0.15, 0.2) is 13.2 Å². The van der Waals surface area contributed by atoms with Gasteiger partial charge < -0.3 is 14.8 Å². The van der Waals surface area contributed by atoms with Gasteiger partial charge in [-0.25, -0.2) is 4.79 Å². The molecule has 0 bridgehead atoms. The molecule has 0 aliphatic carbocycles. The first-order chi connectivity index (χ1) is 13.0. The molecule has 0 aromatic heterocycles. The molecule has 0 unspecified atom stereocenters. The molecule has 0 radical (unpaired) electrons. The van der Waals surface area contributed by atoms with Crippen LogP contribution in [0.5, 0.6) is 5.75 Å². The summed E-state index contributed by atoms with van der Waals surface area (Å²) in [5.41, 5.74) is 3.58. The van der Waals surface area contributed by atoms with Crippen molar-refractivity contribution in [3.05, 3.63) is 65.2 Å². The molecular weight excluding hydrogens is 342 g/mol. The topological polar surface area (TPSA) is 64.6 Å². The van der Waals surface area contributed by atoms with Gasteiger partial charge in [0.05, 0.1) is 0 Å². The molecule has 0 saturated heterocycles. The Morgan fingerprint density at radius 2 is 1.70 bits per heavy atom. The maximum absolute atomic E-state index is 11.8. The van der Waals surface area contributed by atoms with E-state index in [2.05, 4.69) is 19.2 Å². The molecule has 1 N–H and O–H groups in total. The predicted molar refractivity (Wildman–Crippen MR) is 105 cm³/mol. The number of hydrogen-bond acceptors (Lipinski definition) is 4. The van der Waals surface area contributed by atoms with Gasteiger partial charge in [0.25, 0.3) is 5.91 Å². The molecule has 0 fully saturated rings. The molecule has 144 valence electrons. The largest absolute Gasteiger partial charge is 0.482 e. The third-order valence-corrected chi connectivity index (χ3v) is 4.25. The molecule has 2 aromatic rings. The molecule has 2 rings (SSSR count). The van der Waals surface area contributed by atoms with Crippen LogP contribution in [0.1, 0.15) is 36.5 Å². The van der Waals surface area contributed by atoms with Crippen molar-refractivity contribution >= 4 is 11.9 Å². The van der Waals surface area contributed by atoms with Gasteiger partial charge in [-0.15, -0.1) is 0 Å². The zero-order chi connectivity index (χ0) is 19.6. The van der Waals surface area contributed by atoms with Crippen LogP contribution < -0.4 is 10.1 Å². The van der Waals surface area contributed by atoms with Crippen LogP contribution in [-0.2, 0) is 20.7 Å². The molecule has 0 saturated carbocycles. The second-order valence-electron chi connectivity index (χ2n) is 6.70. The van der Waals surface area contributed by atoms with Crippen LogP contribution >= 0.6 is 0 Å². The summed E-state index contributed by atoms with van der Waals surface area (Å²) in [4.78, 5) is 23.5. The lowest BCUT2D eigenvalue weighted by Crippen LogP contribution is -2.31. The first kappa shape index (κ1) is 20.5. The van der Waals surface area contributed by atoms with E-state index in [-0.39, 0.29) is 19.1 Å². The second kappa shape index (κ2) is 10.4. The average Bonchev–Trinajstić information content (AvgIpc) is 2.66. The Morgan fingerprint density at radius 3 is 2.37 bits per heavy atom. The summed E-state index contributed by atoms with van der Waals surface area (Å²) in [6.45, 7) is 6.23. The highest BCUT2D eigenvalue weighted by molar-refractivity contribution is 5.80. The zero-order valence-electron chi connectivity index (χ0n) is 16.2. The van der Waals surface area contributed by atoms with Crippen molar-refractivity contribution in [2.24, 2.45) is 0 Å². The van der Waals surface area contributed by atoms with Crippen LogP contribution in [0.3, 0.4) is 0 Å². The fraction of sp³-hybridized carbons (Fsp3) is 0.364. The van der Waals surface area contributed by atoms with Crippen LogP contribution in [0.15, 0.2) is 48.5 Å². The number of hydrogen-bond donors (Lipinski definition) is 1. The van der Waals surface area contributed by atoms with Crippen molar-refractivity contribution in [3.8, 4) is 5.75 Å². The molecule has 0 spiro atoms. The van der Waals surface area contributed by atoms with Gasteiger partial charge in [-0.05, 0) is 48.1 Å². The summed E-state index contributed by atoms with van der Waals surface area (Å²) < 4.78 is 10.3. The standard InChI is InChI=1S/C22H27NO4/c1-16(2)18-8-10-20(11-9-18)26-15-22(25)27-14-21(24)23-13-12-19-7-5-4-6-17(19)3/h4-11,16H,12-15H2,1-3H3,(H,23,24). The molecule has 0 aliphatic rings. The van der Waals surface area contributed by atoms with Crippen molar-refractivity contribution in [1.82, 2.24) is 5.32 Å². The highest BCUT2D eigenvalue weighted by Crippen LogP contribution is 2.18. The average molecular weight is 369 g/mol. The fourth-order valence-electron chi connectivity index (χ4n) is 2.56. The number of carbonyl (C=O) groups is 2. The van der Waals surface area contributed by atoms with E-state index in [0.29, 0.717) is 18.2 Å². The van der Waals surface area contributed by atoms with E-state index in [9.17, 15) is 9.59 Å². The fourth-order valence-corrected chi connectivity index (χ4v) is 2.56. The number of amides is 1. The van der Waals surface area contributed by atoms with E-state index in [4.69, 9.17) is 9.47 Å². The van der Waals surface area contributed by atoms with Crippen molar-refractivity contribution in [2.75, 3.05) is 19.8 Å². The van der Waals surface area contributed by atoms with Crippen molar-refractivity contribution in [3.63, 3.8) is 0 Å². The molecular formula is C22H27NO4. The van der Waals surface area contributed by atoms with Crippen molar-refractivity contribution in [1.29, 1.82) is 0 Å². The van der Waals surface area contributed by atoms with Crippen LogP contribution in [0.2, 0.25) is 0 Å². The molecule has 0 heterocycles. The number of benzene rings is 2. The minimum Gasteiger partial charge on any atom is -0.482 e. The Kier molecular flexibility index (Phi) is 7.86. The lowest BCUT2D eigenvalue weighted by Gasteiger charge is -2.10. The predicted octanol–water partition coefficient (Wildman–Crippen LogP) is 3.40. The highest BCUT2D eigenvalue weighted by atomic mass is 16.6. The number of ether oxygens (including phenoxy) is 2. The van der Waals surface area contributed by atoms with Crippen molar-refractivity contribution in [2.45, 2.75) is 33.1 Å². The van der Waals surface area contributed by atoms with E-state index in [0.717, 1.165) is 6.42 Å². The third kappa shape index (κ3) is 7.13. The van der Waals surface area contributed by atoms with Crippen LogP contribution in [0.4, 0.5) is 0 Å². The van der Waals surface area contributed by atoms with E-state index in [1.54, 1.807) is 0 Å². The summed E-state index contributed by atoms with van der Waals surface area (Å²) in [5, 5.41) is 2.75. The van der Waals surface area contributed by atoms with Crippen LogP contribution in [0.25, 0.3) is 0 Å². The zero-order valence-corrected chi connectivity index (χ0v) is 16.2. The Labute approximate surface area is 160 Å². The minimum absolute atomic E-state index is 0.225. The second-order valence-corrected chi connectivity index (χ2v) is 6.70. The van der Waals surface area contributed by atoms with E-state index < -0.39 is 5.97 Å². The lowest BCUT2D eigenvalue weighted by atomic mass is 10.0. The SMILES string of the molecule is Cc1ccccc1CCNC(=O)COC(=O)COc1ccc(C(C)C)cc1. The Balaban J connectivity index is 1.63. The number of esters is 1. The molecule has 2 aromatic carbocycles.